The Labute approximate surface area is 156 Å². The molecule has 6 heteroatoms. The average molecular weight is 360 g/mol. The van der Waals surface area contributed by atoms with Gasteiger partial charge in [-0.15, -0.1) is 0 Å². The highest BCUT2D eigenvalue weighted by atomic mass is 16.3. The highest BCUT2D eigenvalue weighted by Crippen LogP contribution is 2.28. The van der Waals surface area contributed by atoms with E-state index in [1.807, 2.05) is 48.7 Å². The lowest BCUT2D eigenvalue weighted by atomic mass is 10.1. The quantitative estimate of drug-likeness (QED) is 0.492. The number of nitrogens with one attached hydrogen (secondary N) is 2. The number of amides is 1. The highest BCUT2D eigenvalue weighted by Gasteiger charge is 2.17. The molecular formula is C21H20N4O2. The number of carbonyl (C=O) groups is 1. The Hall–Kier alpha value is -3.38. The molecule has 0 saturated heterocycles. The molecule has 136 valence electrons. The van der Waals surface area contributed by atoms with Crippen LogP contribution in [0, 0.1) is 0 Å². The van der Waals surface area contributed by atoms with Gasteiger partial charge in [-0.3, -0.25) is 4.79 Å². The number of aromatic amines is 1. The van der Waals surface area contributed by atoms with Gasteiger partial charge in [0.25, 0.3) is 5.91 Å². The zero-order chi connectivity index (χ0) is 18.6. The largest absolute Gasteiger partial charge is 0.463 e. The van der Waals surface area contributed by atoms with Gasteiger partial charge in [0.1, 0.15) is 17.7 Å². The Morgan fingerprint density at radius 1 is 1.22 bits per heavy atom. The zero-order valence-corrected chi connectivity index (χ0v) is 14.7. The first-order valence-electron chi connectivity index (χ1n) is 8.80. The number of benzene rings is 1. The van der Waals surface area contributed by atoms with E-state index in [1.165, 1.54) is 6.26 Å². The third kappa shape index (κ3) is 3.61. The van der Waals surface area contributed by atoms with E-state index in [2.05, 4.69) is 15.3 Å². The minimum atomic E-state index is -0.198. The number of furan rings is 1. The summed E-state index contributed by atoms with van der Waals surface area (Å²) in [6.07, 6.45) is 5.69. The summed E-state index contributed by atoms with van der Waals surface area (Å²) < 4.78 is 5.65. The molecule has 4 rings (SSSR count). The molecule has 3 aromatic heterocycles. The summed E-state index contributed by atoms with van der Waals surface area (Å²) in [7, 11) is 0. The second kappa shape index (κ2) is 7.47. The fourth-order valence-corrected chi connectivity index (χ4v) is 3.13. The molecule has 1 unspecified atom stereocenters. The van der Waals surface area contributed by atoms with Crippen LogP contribution in [0.1, 0.15) is 15.9 Å². The second-order valence-electron chi connectivity index (χ2n) is 6.39. The molecule has 0 aliphatic carbocycles. The molecule has 1 amide bonds. The third-order valence-electron chi connectivity index (χ3n) is 4.53. The summed E-state index contributed by atoms with van der Waals surface area (Å²) in [4.78, 5) is 20.0. The first-order valence-corrected chi connectivity index (χ1v) is 8.80. The number of fused-ring (bicyclic) bond motifs is 1. The van der Waals surface area contributed by atoms with Gasteiger partial charge in [-0.25, -0.2) is 4.98 Å². The van der Waals surface area contributed by atoms with Crippen LogP contribution in [0.4, 0.5) is 0 Å². The number of rotatable bonds is 6. The number of hydrogen-bond donors (Lipinski definition) is 3. The second-order valence-corrected chi connectivity index (χ2v) is 6.39. The normalized spacial score (nSPS) is 12.2. The number of nitrogens with zero attached hydrogens (tertiary/aromatic N) is 1. The van der Waals surface area contributed by atoms with Crippen LogP contribution < -0.4 is 11.1 Å². The molecule has 1 aromatic carbocycles. The van der Waals surface area contributed by atoms with E-state index in [-0.39, 0.29) is 11.9 Å². The van der Waals surface area contributed by atoms with Crippen LogP contribution in [0.15, 0.2) is 71.6 Å². The Morgan fingerprint density at radius 3 is 2.89 bits per heavy atom. The van der Waals surface area contributed by atoms with Crippen molar-refractivity contribution >= 4 is 16.9 Å². The molecule has 0 aliphatic heterocycles. The number of aromatic nitrogens is 2. The third-order valence-corrected chi connectivity index (χ3v) is 4.53. The summed E-state index contributed by atoms with van der Waals surface area (Å²) in [5.74, 6) is 0.426. The van der Waals surface area contributed by atoms with Crippen molar-refractivity contribution in [3.8, 4) is 11.3 Å². The van der Waals surface area contributed by atoms with Gasteiger partial charge in [-0.05, 0) is 30.2 Å². The monoisotopic (exact) mass is 360 g/mol. The number of carbonyl (C=O) groups excluding carboxylic acids is 1. The van der Waals surface area contributed by atoms with E-state index in [4.69, 9.17) is 10.2 Å². The summed E-state index contributed by atoms with van der Waals surface area (Å²) in [5, 5.41) is 3.93. The maximum Gasteiger partial charge on any atom is 0.254 e. The van der Waals surface area contributed by atoms with Gasteiger partial charge >= 0.3 is 0 Å². The van der Waals surface area contributed by atoms with Crippen molar-refractivity contribution in [2.45, 2.75) is 12.5 Å². The van der Waals surface area contributed by atoms with E-state index in [9.17, 15) is 4.79 Å². The van der Waals surface area contributed by atoms with Crippen LogP contribution in [0.25, 0.3) is 22.4 Å². The van der Waals surface area contributed by atoms with Gasteiger partial charge in [0, 0.05) is 35.9 Å². The van der Waals surface area contributed by atoms with Gasteiger partial charge in [0.2, 0.25) is 0 Å². The average Bonchev–Trinajstić information content (AvgIpc) is 3.37. The van der Waals surface area contributed by atoms with E-state index in [0.717, 1.165) is 22.2 Å². The Morgan fingerprint density at radius 2 is 2.07 bits per heavy atom. The van der Waals surface area contributed by atoms with Crippen LogP contribution in [0.3, 0.4) is 0 Å². The van der Waals surface area contributed by atoms with Crippen LogP contribution in [0.5, 0.6) is 0 Å². The first-order chi connectivity index (χ1) is 13.2. The van der Waals surface area contributed by atoms with Crippen molar-refractivity contribution in [1.29, 1.82) is 0 Å². The van der Waals surface area contributed by atoms with Gasteiger partial charge in [0.05, 0.1) is 5.56 Å². The zero-order valence-electron chi connectivity index (χ0n) is 14.7. The van der Waals surface area contributed by atoms with E-state index >= 15 is 0 Å². The first kappa shape index (κ1) is 17.1. The van der Waals surface area contributed by atoms with Gasteiger partial charge in [-0.1, -0.05) is 30.3 Å². The topological polar surface area (TPSA) is 96.9 Å². The van der Waals surface area contributed by atoms with Gasteiger partial charge in [-0.2, -0.15) is 0 Å². The standard InChI is InChI=1S/C21H20N4O2/c22-12-16(10-14-4-2-1-3-5-14)25-21(26)15-11-19(27-13-15)17-6-8-23-20-18(17)7-9-24-20/h1-9,11,13,16H,10,12,22H2,(H,23,24)(H,25,26). The van der Waals surface area contributed by atoms with E-state index in [1.54, 1.807) is 12.3 Å². The molecule has 3 heterocycles. The molecule has 4 aromatic rings. The van der Waals surface area contributed by atoms with Crippen LogP contribution in [-0.2, 0) is 6.42 Å². The lowest BCUT2D eigenvalue weighted by molar-refractivity contribution is 0.0937. The number of H-pyrrole nitrogens is 1. The van der Waals surface area contributed by atoms with E-state index in [0.29, 0.717) is 24.3 Å². The molecule has 0 bridgehead atoms. The molecular weight excluding hydrogens is 340 g/mol. The van der Waals surface area contributed by atoms with Crippen LogP contribution in [-0.4, -0.2) is 28.5 Å². The lowest BCUT2D eigenvalue weighted by Gasteiger charge is -2.16. The van der Waals surface area contributed by atoms with Crippen molar-refractivity contribution in [2.75, 3.05) is 6.54 Å². The molecule has 0 radical (unpaired) electrons. The van der Waals surface area contributed by atoms with Crippen molar-refractivity contribution in [3.05, 3.63) is 78.3 Å². The minimum absolute atomic E-state index is 0.143. The molecule has 0 aliphatic rings. The Bertz CT molecular complexity index is 1050. The predicted molar refractivity (Wildman–Crippen MR) is 104 cm³/mol. The maximum absolute atomic E-state index is 12.6. The molecule has 0 spiro atoms. The van der Waals surface area contributed by atoms with Gasteiger partial charge < -0.3 is 20.5 Å². The summed E-state index contributed by atoms with van der Waals surface area (Å²) in [6.45, 7) is 0.361. The molecule has 0 fully saturated rings. The number of nitrogens with two attached hydrogens (primary N) is 1. The van der Waals surface area contributed by atoms with E-state index < -0.39 is 0 Å². The smallest absolute Gasteiger partial charge is 0.254 e. The fraction of sp³-hybridized carbons (Fsp3) is 0.143. The predicted octanol–water partition coefficient (Wildman–Crippen LogP) is 3.12. The maximum atomic E-state index is 12.6. The summed E-state index contributed by atoms with van der Waals surface area (Å²) in [6, 6.07) is 15.4. The SMILES string of the molecule is NCC(Cc1ccccc1)NC(=O)c1coc(-c2ccnc3[nH]ccc23)c1. The molecule has 4 N–H and O–H groups in total. The molecule has 1 atom stereocenters. The van der Waals surface area contributed by atoms with Crippen molar-refractivity contribution < 1.29 is 9.21 Å². The Balaban J connectivity index is 1.51. The van der Waals surface area contributed by atoms with Crippen LogP contribution in [0.2, 0.25) is 0 Å². The molecule has 0 saturated carbocycles. The van der Waals surface area contributed by atoms with Gasteiger partial charge in [0.15, 0.2) is 0 Å². The highest BCUT2D eigenvalue weighted by molar-refractivity contribution is 5.97. The van der Waals surface area contributed by atoms with Crippen molar-refractivity contribution in [2.24, 2.45) is 5.73 Å². The lowest BCUT2D eigenvalue weighted by Crippen LogP contribution is -2.41. The fourth-order valence-electron chi connectivity index (χ4n) is 3.13. The molecule has 6 nitrogen and oxygen atoms in total. The van der Waals surface area contributed by atoms with Crippen molar-refractivity contribution in [1.82, 2.24) is 15.3 Å². The van der Waals surface area contributed by atoms with Crippen LogP contribution >= 0.6 is 0 Å². The molecule has 27 heavy (non-hydrogen) atoms. The summed E-state index contributed by atoms with van der Waals surface area (Å²) >= 11 is 0. The van der Waals surface area contributed by atoms with Crippen molar-refractivity contribution in [3.63, 3.8) is 0 Å². The number of hydrogen-bond acceptors (Lipinski definition) is 4. The minimum Gasteiger partial charge on any atom is -0.463 e. The summed E-state index contributed by atoms with van der Waals surface area (Å²) in [5.41, 5.74) is 9.11. The Kier molecular flexibility index (Phi) is 4.72. The number of pyridine rings is 1.